The van der Waals surface area contributed by atoms with Gasteiger partial charge in [0.1, 0.15) is 5.25 Å². The maximum absolute atomic E-state index is 11.5. The molecule has 1 aromatic heterocycles. The number of pyridine rings is 1. The normalized spacial score (nSPS) is 12.4. The molecule has 2 rings (SSSR count). The molecule has 3 nitrogen and oxygen atoms in total. The topological polar surface area (TPSA) is 39.2 Å². The molecule has 0 aliphatic carbocycles. The minimum Gasteiger partial charge on any atom is -0.468 e. The molecule has 0 fully saturated rings. The molecule has 20 heavy (non-hydrogen) atoms. The molecule has 1 unspecified atom stereocenters. The third-order valence-corrected chi connectivity index (χ3v) is 4.26. The molecule has 0 spiro atoms. The first kappa shape index (κ1) is 14.9. The summed E-state index contributed by atoms with van der Waals surface area (Å²) in [4.78, 5) is 16.2. The highest BCUT2D eigenvalue weighted by Crippen LogP contribution is 2.29. The zero-order valence-corrected chi connectivity index (χ0v) is 13.3. The van der Waals surface area contributed by atoms with Crippen molar-refractivity contribution in [3.63, 3.8) is 0 Å². The van der Waals surface area contributed by atoms with Gasteiger partial charge in [0.15, 0.2) is 0 Å². The van der Waals surface area contributed by atoms with Crippen LogP contribution in [0.4, 0.5) is 0 Å². The van der Waals surface area contributed by atoms with Crippen molar-refractivity contribution in [2.75, 3.05) is 7.11 Å². The van der Waals surface area contributed by atoms with Crippen molar-refractivity contribution in [2.45, 2.75) is 38.0 Å². The second kappa shape index (κ2) is 5.83. The minimum absolute atomic E-state index is 0.227. The lowest BCUT2D eigenvalue weighted by Gasteiger charge is -2.12. The first-order chi connectivity index (χ1) is 9.42. The van der Waals surface area contributed by atoms with E-state index in [9.17, 15) is 4.79 Å². The number of carbonyl (C=O) groups excluding carboxylic acids is 1. The Hall–Kier alpha value is -1.55. The molecule has 106 valence electrons. The van der Waals surface area contributed by atoms with Gasteiger partial charge in [-0.1, -0.05) is 23.4 Å². The maximum atomic E-state index is 11.5. The molecule has 0 aliphatic heterocycles. The Morgan fingerprint density at radius 1 is 1.20 bits per heavy atom. The molecule has 0 saturated heterocycles. The summed E-state index contributed by atoms with van der Waals surface area (Å²) in [5.74, 6) is -0.227. The number of carbonyl (C=O) groups is 1. The standard InChI is InChI=1S/C16H19NO2S/c1-9-6-11(3)15-13(7-9)10(2)8-14(17-15)20-12(4)16(18)19-5/h6-8,12H,1-5H3. The summed E-state index contributed by atoms with van der Waals surface area (Å²) in [6.07, 6.45) is 0. The zero-order chi connectivity index (χ0) is 14.9. The Kier molecular flexibility index (Phi) is 4.33. The molecule has 0 amide bonds. The van der Waals surface area contributed by atoms with E-state index in [1.54, 1.807) is 0 Å². The van der Waals surface area contributed by atoms with Gasteiger partial charge in [-0.05, 0) is 51.0 Å². The fourth-order valence-corrected chi connectivity index (χ4v) is 3.21. The fraction of sp³-hybridized carbons (Fsp3) is 0.375. The van der Waals surface area contributed by atoms with Crippen LogP contribution in [0.25, 0.3) is 10.9 Å². The molecular weight excluding hydrogens is 270 g/mol. The van der Waals surface area contributed by atoms with Crippen molar-refractivity contribution < 1.29 is 9.53 Å². The first-order valence-corrected chi connectivity index (χ1v) is 7.43. The smallest absolute Gasteiger partial charge is 0.318 e. The molecule has 0 bridgehead atoms. The number of ether oxygens (including phenoxy) is 1. The summed E-state index contributed by atoms with van der Waals surface area (Å²) in [6.45, 7) is 8.07. The van der Waals surface area contributed by atoms with Gasteiger partial charge in [0.05, 0.1) is 17.7 Å². The van der Waals surface area contributed by atoms with Gasteiger partial charge in [-0.25, -0.2) is 4.98 Å². The van der Waals surface area contributed by atoms with Crippen LogP contribution in [0.1, 0.15) is 23.6 Å². The molecule has 1 aromatic carbocycles. The highest BCUT2D eigenvalue weighted by atomic mass is 32.2. The fourth-order valence-electron chi connectivity index (χ4n) is 2.27. The minimum atomic E-state index is -0.255. The van der Waals surface area contributed by atoms with E-state index in [4.69, 9.17) is 4.74 Å². The number of hydrogen-bond acceptors (Lipinski definition) is 4. The lowest BCUT2D eigenvalue weighted by Crippen LogP contribution is -2.14. The summed E-state index contributed by atoms with van der Waals surface area (Å²) in [7, 11) is 1.41. The molecular formula is C16H19NO2S. The summed E-state index contributed by atoms with van der Waals surface area (Å²) in [5, 5.41) is 1.78. The van der Waals surface area contributed by atoms with Crippen molar-refractivity contribution in [1.82, 2.24) is 4.98 Å². The number of benzene rings is 1. The lowest BCUT2D eigenvalue weighted by molar-refractivity contribution is -0.139. The van der Waals surface area contributed by atoms with Crippen LogP contribution in [-0.2, 0) is 9.53 Å². The van der Waals surface area contributed by atoms with Crippen molar-refractivity contribution in [3.05, 3.63) is 34.9 Å². The lowest BCUT2D eigenvalue weighted by atomic mass is 10.0. The monoisotopic (exact) mass is 289 g/mol. The number of aryl methyl sites for hydroxylation is 3. The summed E-state index contributed by atoms with van der Waals surface area (Å²) < 4.78 is 4.75. The quantitative estimate of drug-likeness (QED) is 0.636. The van der Waals surface area contributed by atoms with Crippen LogP contribution in [0.15, 0.2) is 23.2 Å². The molecule has 0 aliphatic rings. The summed E-state index contributed by atoms with van der Waals surface area (Å²) >= 11 is 1.43. The maximum Gasteiger partial charge on any atom is 0.318 e. The van der Waals surface area contributed by atoms with Crippen LogP contribution in [0, 0.1) is 20.8 Å². The predicted octanol–water partition coefficient (Wildman–Crippen LogP) is 3.81. The van der Waals surface area contributed by atoms with Gasteiger partial charge in [-0.2, -0.15) is 0 Å². The van der Waals surface area contributed by atoms with Gasteiger partial charge < -0.3 is 4.74 Å². The average molecular weight is 289 g/mol. The molecule has 0 saturated carbocycles. The van der Waals surface area contributed by atoms with E-state index in [-0.39, 0.29) is 11.2 Å². The van der Waals surface area contributed by atoms with Gasteiger partial charge >= 0.3 is 5.97 Å². The number of nitrogens with zero attached hydrogens (tertiary/aromatic N) is 1. The SMILES string of the molecule is COC(=O)C(C)Sc1cc(C)c2cc(C)cc(C)c2n1. The van der Waals surface area contributed by atoms with Crippen LogP contribution in [0.2, 0.25) is 0 Å². The van der Waals surface area contributed by atoms with Crippen molar-refractivity contribution >= 4 is 28.6 Å². The van der Waals surface area contributed by atoms with Crippen LogP contribution in [0.5, 0.6) is 0 Å². The zero-order valence-electron chi connectivity index (χ0n) is 12.5. The van der Waals surface area contributed by atoms with Gasteiger partial charge in [-0.15, -0.1) is 0 Å². The first-order valence-electron chi connectivity index (χ1n) is 6.55. The number of rotatable bonds is 3. The molecule has 1 atom stereocenters. The van der Waals surface area contributed by atoms with E-state index >= 15 is 0 Å². The van der Waals surface area contributed by atoms with E-state index < -0.39 is 0 Å². The highest BCUT2D eigenvalue weighted by molar-refractivity contribution is 8.00. The largest absolute Gasteiger partial charge is 0.468 e. The van der Waals surface area contributed by atoms with Crippen molar-refractivity contribution in [1.29, 1.82) is 0 Å². The van der Waals surface area contributed by atoms with Crippen molar-refractivity contribution in [2.24, 2.45) is 0 Å². The summed E-state index contributed by atoms with van der Waals surface area (Å²) in [6, 6.07) is 6.32. The number of methoxy groups -OCH3 is 1. The highest BCUT2D eigenvalue weighted by Gasteiger charge is 2.16. The third kappa shape index (κ3) is 2.96. The van der Waals surface area contributed by atoms with Crippen LogP contribution < -0.4 is 0 Å². The second-order valence-electron chi connectivity index (χ2n) is 5.04. The van der Waals surface area contributed by atoms with Gasteiger partial charge in [0, 0.05) is 5.39 Å². The number of thioether (sulfide) groups is 1. The van der Waals surface area contributed by atoms with Gasteiger partial charge in [0.25, 0.3) is 0 Å². The van der Waals surface area contributed by atoms with E-state index in [1.165, 1.54) is 35.4 Å². The second-order valence-corrected chi connectivity index (χ2v) is 6.40. The Labute approximate surface area is 123 Å². The van der Waals surface area contributed by atoms with E-state index in [0.717, 1.165) is 16.1 Å². The van der Waals surface area contributed by atoms with Crippen molar-refractivity contribution in [3.8, 4) is 0 Å². The predicted molar refractivity (Wildman–Crippen MR) is 83.3 cm³/mol. The Morgan fingerprint density at radius 3 is 2.55 bits per heavy atom. The van der Waals surface area contributed by atoms with E-state index in [0.29, 0.717) is 0 Å². The summed E-state index contributed by atoms with van der Waals surface area (Å²) in [5.41, 5.74) is 4.59. The van der Waals surface area contributed by atoms with E-state index in [2.05, 4.69) is 37.9 Å². The van der Waals surface area contributed by atoms with Gasteiger partial charge in [0.2, 0.25) is 0 Å². The van der Waals surface area contributed by atoms with Crippen LogP contribution >= 0.6 is 11.8 Å². The van der Waals surface area contributed by atoms with Crippen LogP contribution in [-0.4, -0.2) is 23.3 Å². The molecule has 0 radical (unpaired) electrons. The number of aromatic nitrogens is 1. The Balaban J connectivity index is 2.45. The number of hydrogen-bond donors (Lipinski definition) is 0. The van der Waals surface area contributed by atoms with Gasteiger partial charge in [-0.3, -0.25) is 4.79 Å². The molecule has 2 aromatic rings. The van der Waals surface area contributed by atoms with Crippen LogP contribution in [0.3, 0.4) is 0 Å². The third-order valence-electron chi connectivity index (χ3n) is 3.26. The number of esters is 1. The van der Waals surface area contributed by atoms with E-state index in [1.807, 2.05) is 13.0 Å². The Morgan fingerprint density at radius 2 is 1.90 bits per heavy atom. The number of fused-ring (bicyclic) bond motifs is 1. The Bertz CT molecular complexity index is 667. The average Bonchev–Trinajstić information content (AvgIpc) is 2.39. The molecule has 4 heteroatoms. The molecule has 1 heterocycles. The molecule has 0 N–H and O–H groups in total.